The molecule has 0 atom stereocenters. The van der Waals surface area contributed by atoms with Crippen LogP contribution in [0.15, 0.2) is 18.2 Å². The molecule has 1 saturated carbocycles. The highest BCUT2D eigenvalue weighted by molar-refractivity contribution is 5.74. The van der Waals surface area contributed by atoms with Crippen LogP contribution in [-0.2, 0) is 4.74 Å². The summed E-state index contributed by atoms with van der Waals surface area (Å²) < 4.78 is 23.4. The zero-order chi connectivity index (χ0) is 19.0. The summed E-state index contributed by atoms with van der Waals surface area (Å²) in [6, 6.07) is 4.19. The molecular weight excluding hydrogens is 331 g/mol. The Morgan fingerprint density at radius 2 is 1.88 bits per heavy atom. The summed E-state index contributed by atoms with van der Waals surface area (Å²) in [5.74, 6) is 0.835. The average Bonchev–Trinajstić information content (AvgIpc) is 2.61. The van der Waals surface area contributed by atoms with Crippen LogP contribution in [0, 0.1) is 11.7 Å². The van der Waals surface area contributed by atoms with E-state index in [1.807, 2.05) is 6.92 Å². The Hall–Kier alpha value is -1.42. The van der Waals surface area contributed by atoms with Crippen molar-refractivity contribution in [2.45, 2.75) is 71.1 Å². The minimum atomic E-state index is -0.481. The number of unbranched alkanes of at least 4 members (excludes halogenated alkanes) is 4. The highest BCUT2D eigenvalue weighted by Gasteiger charge is 2.15. The van der Waals surface area contributed by atoms with Crippen LogP contribution in [0.1, 0.15) is 81.5 Å². The van der Waals surface area contributed by atoms with Gasteiger partial charge in [0.1, 0.15) is 6.29 Å². The number of hydrogen-bond donors (Lipinski definition) is 0. The molecule has 0 radical (unpaired) electrons. The van der Waals surface area contributed by atoms with E-state index in [4.69, 9.17) is 9.47 Å². The first kappa shape index (κ1) is 22.6. The molecule has 4 heteroatoms. The average molecular weight is 367 g/mol. The Bertz CT molecular complexity index is 486. The molecule has 0 unspecified atom stereocenters. The third kappa shape index (κ3) is 9.91. The Labute approximate surface area is 158 Å². The number of hydrogen-bond acceptors (Lipinski definition) is 3. The molecule has 2 rings (SSSR count). The molecule has 0 aromatic heterocycles. The van der Waals surface area contributed by atoms with Crippen molar-refractivity contribution >= 4 is 6.29 Å². The number of carbonyl (C=O) groups excluding carboxylic acids is 1. The Kier molecular flexibility index (Phi) is 12.8. The highest BCUT2D eigenvalue weighted by Crippen LogP contribution is 2.31. The summed E-state index contributed by atoms with van der Waals surface area (Å²) in [7, 11) is 1.79. The van der Waals surface area contributed by atoms with Crippen LogP contribution in [0.5, 0.6) is 5.75 Å². The smallest absolute Gasteiger partial charge is 0.165 e. The molecule has 1 fully saturated rings. The molecule has 0 amide bonds. The summed E-state index contributed by atoms with van der Waals surface area (Å²) in [5, 5.41) is 0. The van der Waals surface area contributed by atoms with Crippen LogP contribution >= 0.6 is 0 Å². The number of ether oxygens (including phenoxy) is 2. The number of benzene rings is 1. The molecule has 26 heavy (non-hydrogen) atoms. The molecule has 1 aliphatic rings. The number of carbonyl (C=O) groups is 1. The van der Waals surface area contributed by atoms with Crippen molar-refractivity contribution in [1.82, 2.24) is 0 Å². The van der Waals surface area contributed by atoms with Gasteiger partial charge in [0.15, 0.2) is 11.6 Å². The second-order valence-electron chi connectivity index (χ2n) is 7.00. The van der Waals surface area contributed by atoms with Crippen LogP contribution < -0.4 is 4.74 Å². The molecule has 1 aliphatic carbocycles. The molecule has 3 nitrogen and oxygen atoms in total. The normalized spacial score (nSPS) is 13.5. The van der Waals surface area contributed by atoms with Gasteiger partial charge >= 0.3 is 0 Å². The van der Waals surface area contributed by atoms with Gasteiger partial charge in [-0.25, -0.2) is 4.39 Å². The monoisotopic (exact) mass is 366 g/mol. The summed E-state index contributed by atoms with van der Waals surface area (Å²) in [6.07, 6.45) is 14.0. The first-order chi connectivity index (χ1) is 12.7. The molecule has 0 N–H and O–H groups in total. The number of halogens is 1. The third-order valence-corrected chi connectivity index (χ3v) is 4.78. The van der Waals surface area contributed by atoms with Gasteiger partial charge in [-0.2, -0.15) is 0 Å². The summed E-state index contributed by atoms with van der Waals surface area (Å²) in [6.45, 7) is 3.49. The second-order valence-corrected chi connectivity index (χ2v) is 7.00. The van der Waals surface area contributed by atoms with E-state index >= 15 is 0 Å². The SMILES string of the molecule is CCCCOc1ccc(C=O)cc1F.COCCCCCCC1CCC1. The first-order valence-corrected chi connectivity index (χ1v) is 10.1. The number of rotatable bonds is 12. The van der Waals surface area contributed by atoms with Gasteiger partial charge in [-0.05, 0) is 37.0 Å². The lowest BCUT2D eigenvalue weighted by Gasteiger charge is -2.24. The predicted molar refractivity (Wildman–Crippen MR) is 104 cm³/mol. The van der Waals surface area contributed by atoms with Gasteiger partial charge in [0.25, 0.3) is 0 Å². The fourth-order valence-electron chi connectivity index (χ4n) is 2.85. The quantitative estimate of drug-likeness (QED) is 0.326. The van der Waals surface area contributed by atoms with Gasteiger partial charge in [-0.3, -0.25) is 4.79 Å². The number of methoxy groups -OCH3 is 1. The van der Waals surface area contributed by atoms with Crippen LogP contribution in [0.3, 0.4) is 0 Å². The van der Waals surface area contributed by atoms with E-state index in [1.165, 1.54) is 69.6 Å². The molecule has 1 aromatic carbocycles. The fraction of sp³-hybridized carbons (Fsp3) is 0.682. The Balaban J connectivity index is 0.000000263. The van der Waals surface area contributed by atoms with Gasteiger partial charge in [-0.15, -0.1) is 0 Å². The molecule has 0 aliphatic heterocycles. The zero-order valence-electron chi connectivity index (χ0n) is 16.5. The van der Waals surface area contributed by atoms with Crippen molar-refractivity contribution in [2.24, 2.45) is 5.92 Å². The highest BCUT2D eigenvalue weighted by atomic mass is 19.1. The van der Waals surface area contributed by atoms with Crippen molar-refractivity contribution in [3.8, 4) is 5.75 Å². The zero-order valence-corrected chi connectivity index (χ0v) is 16.5. The third-order valence-electron chi connectivity index (χ3n) is 4.78. The molecule has 0 heterocycles. The van der Waals surface area contributed by atoms with E-state index in [2.05, 4.69) is 0 Å². The minimum absolute atomic E-state index is 0.212. The number of aldehydes is 1. The molecule has 0 bridgehead atoms. The molecular formula is C22H35FO3. The Morgan fingerprint density at radius 3 is 2.46 bits per heavy atom. The van der Waals surface area contributed by atoms with Crippen molar-refractivity contribution in [3.63, 3.8) is 0 Å². The summed E-state index contributed by atoms with van der Waals surface area (Å²) in [4.78, 5) is 10.3. The maximum atomic E-state index is 13.2. The minimum Gasteiger partial charge on any atom is -0.491 e. The lowest BCUT2D eigenvalue weighted by Crippen LogP contribution is -2.10. The molecule has 1 aromatic rings. The van der Waals surface area contributed by atoms with Crippen LogP contribution in [0.25, 0.3) is 0 Å². The lowest BCUT2D eigenvalue weighted by molar-refractivity contribution is 0.112. The predicted octanol–water partition coefficient (Wildman–Crippen LogP) is 6.20. The van der Waals surface area contributed by atoms with Crippen LogP contribution in [0.2, 0.25) is 0 Å². The van der Waals surface area contributed by atoms with Crippen molar-refractivity contribution in [1.29, 1.82) is 0 Å². The van der Waals surface area contributed by atoms with E-state index < -0.39 is 5.82 Å². The largest absolute Gasteiger partial charge is 0.491 e. The van der Waals surface area contributed by atoms with E-state index in [9.17, 15) is 9.18 Å². The van der Waals surface area contributed by atoms with Gasteiger partial charge in [0.2, 0.25) is 0 Å². The molecule has 0 saturated heterocycles. The van der Waals surface area contributed by atoms with Crippen molar-refractivity contribution in [2.75, 3.05) is 20.3 Å². The van der Waals surface area contributed by atoms with Gasteiger partial charge < -0.3 is 9.47 Å². The lowest BCUT2D eigenvalue weighted by atomic mass is 9.82. The van der Waals surface area contributed by atoms with Crippen molar-refractivity contribution in [3.05, 3.63) is 29.6 Å². The summed E-state index contributed by atoms with van der Waals surface area (Å²) in [5.41, 5.74) is 0.324. The first-order valence-electron chi connectivity index (χ1n) is 10.1. The van der Waals surface area contributed by atoms with Crippen LogP contribution in [0.4, 0.5) is 4.39 Å². The Morgan fingerprint density at radius 1 is 1.12 bits per heavy atom. The molecule has 148 valence electrons. The second kappa shape index (κ2) is 14.7. The van der Waals surface area contributed by atoms with Crippen LogP contribution in [-0.4, -0.2) is 26.6 Å². The summed E-state index contributed by atoms with van der Waals surface area (Å²) >= 11 is 0. The van der Waals surface area contributed by atoms with E-state index in [-0.39, 0.29) is 5.75 Å². The van der Waals surface area contributed by atoms with E-state index in [1.54, 1.807) is 7.11 Å². The van der Waals surface area contributed by atoms with E-state index in [0.717, 1.165) is 25.4 Å². The van der Waals surface area contributed by atoms with Gasteiger partial charge in [0.05, 0.1) is 6.61 Å². The maximum absolute atomic E-state index is 13.2. The van der Waals surface area contributed by atoms with Crippen molar-refractivity contribution < 1.29 is 18.7 Å². The van der Waals surface area contributed by atoms with E-state index in [0.29, 0.717) is 18.5 Å². The van der Waals surface area contributed by atoms with Gasteiger partial charge in [-0.1, -0.05) is 58.3 Å². The topological polar surface area (TPSA) is 35.5 Å². The maximum Gasteiger partial charge on any atom is 0.165 e. The van der Waals surface area contributed by atoms with Gasteiger partial charge in [0, 0.05) is 19.3 Å². The molecule has 0 spiro atoms. The standard InChI is InChI=1S/C11H13FO2.C11H22O/c1-2-3-6-14-11-5-4-9(8-13)7-10(11)12;1-12-10-5-3-2-4-7-11-8-6-9-11/h4-5,7-8H,2-3,6H2,1H3;11H,2-10H2,1H3. The fourth-order valence-corrected chi connectivity index (χ4v) is 2.85.